The van der Waals surface area contributed by atoms with E-state index >= 15 is 0 Å². The highest BCUT2D eigenvalue weighted by Crippen LogP contribution is 2.29. The zero-order chi connectivity index (χ0) is 10.7. The fourth-order valence-corrected chi connectivity index (χ4v) is 2.28. The van der Waals surface area contributed by atoms with E-state index in [1.807, 2.05) is 0 Å². The minimum absolute atomic E-state index is 0.101. The maximum absolute atomic E-state index is 6.22. The highest BCUT2D eigenvalue weighted by atomic mass is 15.1. The zero-order valence-electron chi connectivity index (χ0n) is 9.45. The lowest BCUT2D eigenvalue weighted by molar-refractivity contribution is 0.161. The Labute approximate surface area is 92.1 Å². The molecule has 1 aromatic carbocycles. The van der Waals surface area contributed by atoms with Crippen LogP contribution in [0.2, 0.25) is 0 Å². The smallest absolute Gasteiger partial charge is 0.0283 e. The van der Waals surface area contributed by atoms with Crippen LogP contribution >= 0.6 is 0 Å². The van der Waals surface area contributed by atoms with Gasteiger partial charge in [0.25, 0.3) is 0 Å². The molecule has 1 aliphatic carbocycles. The molecule has 15 heavy (non-hydrogen) atoms. The second-order valence-electron chi connectivity index (χ2n) is 4.87. The molecule has 0 saturated heterocycles. The molecule has 2 rings (SSSR count). The van der Waals surface area contributed by atoms with E-state index in [0.29, 0.717) is 0 Å². The molecule has 82 valence electrons. The third-order valence-corrected chi connectivity index (χ3v) is 3.23. The van der Waals surface area contributed by atoms with Gasteiger partial charge in [-0.05, 0) is 31.9 Å². The molecular formula is C13H20N2. The van der Waals surface area contributed by atoms with Gasteiger partial charge in [-0.3, -0.25) is 0 Å². The minimum atomic E-state index is 0.101. The second kappa shape index (κ2) is 4.33. The summed E-state index contributed by atoms with van der Waals surface area (Å²) in [6, 6.07) is 10.6. The normalized spacial score (nSPS) is 18.9. The number of rotatable bonds is 4. The van der Waals surface area contributed by atoms with Crippen molar-refractivity contribution in [3.63, 3.8) is 0 Å². The van der Waals surface area contributed by atoms with Crippen LogP contribution in [0.25, 0.3) is 0 Å². The maximum atomic E-state index is 6.22. The van der Waals surface area contributed by atoms with Crippen LogP contribution in [-0.4, -0.2) is 24.0 Å². The van der Waals surface area contributed by atoms with Crippen molar-refractivity contribution in [2.75, 3.05) is 13.6 Å². The summed E-state index contributed by atoms with van der Waals surface area (Å²) in [5.74, 6) is 0. The third-order valence-electron chi connectivity index (χ3n) is 3.23. The Bertz CT molecular complexity index is 304. The van der Waals surface area contributed by atoms with Crippen molar-refractivity contribution in [3.8, 4) is 0 Å². The summed E-state index contributed by atoms with van der Waals surface area (Å²) < 4.78 is 0. The first kappa shape index (κ1) is 10.7. The molecule has 0 unspecified atom stereocenters. The molecule has 2 heteroatoms. The molecule has 0 amide bonds. The Balaban J connectivity index is 1.84. The van der Waals surface area contributed by atoms with E-state index in [1.165, 1.54) is 24.8 Å². The van der Waals surface area contributed by atoms with E-state index < -0.39 is 0 Å². The minimum Gasteiger partial charge on any atom is -0.324 e. The Morgan fingerprint density at radius 3 is 2.47 bits per heavy atom. The first-order chi connectivity index (χ1) is 7.18. The van der Waals surface area contributed by atoms with Crippen LogP contribution in [0.1, 0.15) is 24.8 Å². The Morgan fingerprint density at radius 1 is 1.27 bits per heavy atom. The van der Waals surface area contributed by atoms with Crippen LogP contribution < -0.4 is 5.73 Å². The average molecular weight is 204 g/mol. The van der Waals surface area contributed by atoms with Crippen molar-refractivity contribution in [2.45, 2.75) is 31.3 Å². The van der Waals surface area contributed by atoms with Gasteiger partial charge in [0, 0.05) is 18.6 Å². The monoisotopic (exact) mass is 204 g/mol. The van der Waals surface area contributed by atoms with Gasteiger partial charge in [0.1, 0.15) is 0 Å². The zero-order valence-corrected chi connectivity index (χ0v) is 9.45. The molecule has 1 aromatic rings. The predicted octanol–water partition coefficient (Wildman–Crippen LogP) is 2.00. The first-order valence-corrected chi connectivity index (χ1v) is 5.69. The molecule has 0 aromatic heterocycles. The lowest BCUT2D eigenvalue weighted by Gasteiger charge is -2.41. The standard InChI is InChI=1S/C13H20N2/c1-15(11-13(14)8-5-9-13)10-12-6-3-2-4-7-12/h2-4,6-7H,5,8-11,14H2,1H3. The summed E-state index contributed by atoms with van der Waals surface area (Å²) in [6.07, 6.45) is 3.67. The summed E-state index contributed by atoms with van der Waals surface area (Å²) in [5.41, 5.74) is 7.68. The number of hydrogen-bond acceptors (Lipinski definition) is 2. The van der Waals surface area contributed by atoms with Crippen molar-refractivity contribution in [1.29, 1.82) is 0 Å². The van der Waals surface area contributed by atoms with Crippen LogP contribution in [0.3, 0.4) is 0 Å². The third kappa shape index (κ3) is 2.80. The Morgan fingerprint density at radius 2 is 1.93 bits per heavy atom. The molecule has 0 bridgehead atoms. The van der Waals surface area contributed by atoms with Crippen LogP contribution in [0.15, 0.2) is 30.3 Å². The molecule has 1 aliphatic rings. The van der Waals surface area contributed by atoms with Crippen molar-refractivity contribution in [2.24, 2.45) is 5.73 Å². The average Bonchev–Trinajstić information content (AvgIpc) is 2.16. The highest BCUT2D eigenvalue weighted by molar-refractivity contribution is 5.14. The first-order valence-electron chi connectivity index (χ1n) is 5.69. The van der Waals surface area contributed by atoms with Crippen molar-refractivity contribution in [1.82, 2.24) is 4.90 Å². The molecule has 0 atom stereocenters. The van der Waals surface area contributed by atoms with Crippen molar-refractivity contribution in [3.05, 3.63) is 35.9 Å². The van der Waals surface area contributed by atoms with Crippen molar-refractivity contribution < 1.29 is 0 Å². The number of nitrogens with two attached hydrogens (primary N) is 1. The van der Waals surface area contributed by atoms with Crippen molar-refractivity contribution >= 4 is 0 Å². The lowest BCUT2D eigenvalue weighted by Crippen LogP contribution is -2.54. The van der Waals surface area contributed by atoms with E-state index in [4.69, 9.17) is 5.73 Å². The van der Waals surface area contributed by atoms with Crippen LogP contribution in [-0.2, 0) is 6.54 Å². The molecule has 0 aliphatic heterocycles. The van der Waals surface area contributed by atoms with Crippen LogP contribution in [0.5, 0.6) is 0 Å². The summed E-state index contributed by atoms with van der Waals surface area (Å²) in [7, 11) is 2.15. The molecule has 0 spiro atoms. The topological polar surface area (TPSA) is 29.3 Å². The highest BCUT2D eigenvalue weighted by Gasteiger charge is 2.33. The van der Waals surface area contributed by atoms with Gasteiger partial charge in [-0.2, -0.15) is 0 Å². The van der Waals surface area contributed by atoms with E-state index in [9.17, 15) is 0 Å². The molecule has 2 nitrogen and oxygen atoms in total. The predicted molar refractivity (Wildman–Crippen MR) is 63.5 cm³/mol. The molecular weight excluding hydrogens is 184 g/mol. The molecule has 0 heterocycles. The fraction of sp³-hybridized carbons (Fsp3) is 0.538. The largest absolute Gasteiger partial charge is 0.324 e. The number of hydrogen-bond donors (Lipinski definition) is 1. The van der Waals surface area contributed by atoms with Gasteiger partial charge in [-0.15, -0.1) is 0 Å². The van der Waals surface area contributed by atoms with E-state index in [0.717, 1.165) is 13.1 Å². The molecule has 1 saturated carbocycles. The second-order valence-corrected chi connectivity index (χ2v) is 4.87. The lowest BCUT2D eigenvalue weighted by atomic mass is 9.77. The van der Waals surface area contributed by atoms with Crippen LogP contribution in [0, 0.1) is 0 Å². The van der Waals surface area contributed by atoms with Gasteiger partial charge in [0.05, 0.1) is 0 Å². The Kier molecular flexibility index (Phi) is 3.08. The molecule has 2 N–H and O–H groups in total. The van der Waals surface area contributed by atoms with E-state index in [1.54, 1.807) is 0 Å². The van der Waals surface area contributed by atoms with Gasteiger partial charge in [0.2, 0.25) is 0 Å². The molecule has 1 fully saturated rings. The van der Waals surface area contributed by atoms with E-state index in [2.05, 4.69) is 42.3 Å². The quantitative estimate of drug-likeness (QED) is 0.813. The Hall–Kier alpha value is -0.860. The fourth-order valence-electron chi connectivity index (χ4n) is 2.28. The number of nitrogens with zero attached hydrogens (tertiary/aromatic N) is 1. The summed E-state index contributed by atoms with van der Waals surface area (Å²) in [6.45, 7) is 2.02. The van der Waals surface area contributed by atoms with Gasteiger partial charge < -0.3 is 10.6 Å². The number of likely N-dealkylation sites (N-methyl/N-ethyl adjacent to an activating group) is 1. The van der Waals surface area contributed by atoms with Gasteiger partial charge in [0.15, 0.2) is 0 Å². The summed E-state index contributed by atoms with van der Waals surface area (Å²) >= 11 is 0. The van der Waals surface area contributed by atoms with Gasteiger partial charge in [-0.25, -0.2) is 0 Å². The van der Waals surface area contributed by atoms with Gasteiger partial charge in [-0.1, -0.05) is 30.3 Å². The maximum Gasteiger partial charge on any atom is 0.0283 e. The summed E-state index contributed by atoms with van der Waals surface area (Å²) in [5, 5.41) is 0. The number of benzene rings is 1. The van der Waals surface area contributed by atoms with E-state index in [-0.39, 0.29) is 5.54 Å². The molecule has 0 radical (unpaired) electrons. The van der Waals surface area contributed by atoms with Crippen LogP contribution in [0.4, 0.5) is 0 Å². The SMILES string of the molecule is CN(Cc1ccccc1)CC1(N)CCC1. The summed E-state index contributed by atoms with van der Waals surface area (Å²) in [4.78, 5) is 2.33. The van der Waals surface area contributed by atoms with Gasteiger partial charge >= 0.3 is 0 Å².